The molecule has 0 fully saturated rings. The van der Waals surface area contributed by atoms with E-state index in [1.807, 2.05) is 82.3 Å². The topological polar surface area (TPSA) is 77.8 Å². The molecule has 1 heterocycles. The number of benzene rings is 2. The van der Waals surface area contributed by atoms with E-state index in [2.05, 4.69) is 5.32 Å². The number of nitrogens with one attached hydrogen (secondary N) is 1. The van der Waals surface area contributed by atoms with Crippen molar-refractivity contribution < 1.29 is 23.5 Å². The molecule has 1 amide bonds. The van der Waals surface area contributed by atoms with Crippen molar-refractivity contribution in [3.8, 4) is 11.1 Å². The smallest absolute Gasteiger partial charge is 0.407 e. The Labute approximate surface area is 182 Å². The molecule has 162 valence electrons. The number of rotatable bonds is 6. The summed E-state index contributed by atoms with van der Waals surface area (Å²) in [5.74, 6) is -0.342. The monoisotopic (exact) mass is 421 g/mol. The van der Waals surface area contributed by atoms with E-state index in [-0.39, 0.29) is 18.4 Å². The van der Waals surface area contributed by atoms with Crippen LogP contribution in [-0.4, -0.2) is 17.7 Å². The van der Waals surface area contributed by atoms with Crippen molar-refractivity contribution in [1.29, 1.82) is 0 Å². The zero-order valence-corrected chi connectivity index (χ0v) is 18.2. The summed E-state index contributed by atoms with van der Waals surface area (Å²) < 4.78 is 16.1. The van der Waals surface area contributed by atoms with Crippen LogP contribution in [0.4, 0.5) is 4.79 Å². The van der Waals surface area contributed by atoms with Gasteiger partial charge in [-0.3, -0.25) is 0 Å². The maximum Gasteiger partial charge on any atom is 0.407 e. The lowest BCUT2D eigenvalue weighted by Crippen LogP contribution is -2.27. The highest BCUT2D eigenvalue weighted by molar-refractivity contribution is 5.94. The predicted molar refractivity (Wildman–Crippen MR) is 117 cm³/mol. The minimum Gasteiger partial charge on any atom is -0.457 e. The summed E-state index contributed by atoms with van der Waals surface area (Å²) >= 11 is 0. The van der Waals surface area contributed by atoms with Crippen LogP contribution in [0.3, 0.4) is 0 Å². The van der Waals surface area contributed by atoms with Crippen molar-refractivity contribution in [3.63, 3.8) is 0 Å². The average molecular weight is 421 g/mol. The normalized spacial score (nSPS) is 12.1. The molecule has 0 unspecified atom stereocenters. The van der Waals surface area contributed by atoms with E-state index in [0.717, 1.165) is 16.7 Å². The van der Waals surface area contributed by atoms with E-state index in [1.165, 1.54) is 6.26 Å². The highest BCUT2D eigenvalue weighted by atomic mass is 16.6. The largest absolute Gasteiger partial charge is 0.457 e. The van der Waals surface area contributed by atoms with Crippen molar-refractivity contribution in [1.82, 2.24) is 5.32 Å². The minimum absolute atomic E-state index is 0.165. The van der Waals surface area contributed by atoms with E-state index in [9.17, 15) is 9.59 Å². The van der Waals surface area contributed by atoms with Gasteiger partial charge in [-0.25, -0.2) is 9.59 Å². The molecular weight excluding hydrogens is 394 g/mol. The van der Waals surface area contributed by atoms with Crippen molar-refractivity contribution >= 4 is 12.1 Å². The molecule has 31 heavy (non-hydrogen) atoms. The van der Waals surface area contributed by atoms with Crippen molar-refractivity contribution in [2.45, 2.75) is 45.9 Å². The second-order valence-corrected chi connectivity index (χ2v) is 8.22. The Balaban J connectivity index is 1.62. The molecule has 6 nitrogen and oxygen atoms in total. The first-order valence-corrected chi connectivity index (χ1v) is 10.1. The van der Waals surface area contributed by atoms with Crippen LogP contribution in [-0.2, 0) is 16.1 Å². The van der Waals surface area contributed by atoms with Gasteiger partial charge in [0.05, 0.1) is 12.3 Å². The van der Waals surface area contributed by atoms with E-state index >= 15 is 0 Å². The Morgan fingerprint density at radius 2 is 1.68 bits per heavy atom. The van der Waals surface area contributed by atoms with E-state index in [1.54, 1.807) is 6.07 Å². The van der Waals surface area contributed by atoms with Crippen LogP contribution in [0, 0.1) is 0 Å². The fourth-order valence-corrected chi connectivity index (χ4v) is 3.00. The molecule has 0 radical (unpaired) electrons. The lowest BCUT2D eigenvalue weighted by Gasteiger charge is -2.19. The van der Waals surface area contributed by atoms with Gasteiger partial charge in [0.15, 0.2) is 0 Å². The van der Waals surface area contributed by atoms with Gasteiger partial charge >= 0.3 is 12.1 Å². The Morgan fingerprint density at radius 1 is 1.00 bits per heavy atom. The fraction of sp³-hybridized carbons (Fsp3) is 0.280. The molecule has 0 aliphatic rings. The van der Waals surface area contributed by atoms with Crippen LogP contribution < -0.4 is 5.32 Å². The lowest BCUT2D eigenvalue weighted by atomic mass is 10.0. The van der Waals surface area contributed by atoms with Gasteiger partial charge in [-0.1, -0.05) is 54.6 Å². The van der Waals surface area contributed by atoms with Crippen LogP contribution >= 0.6 is 0 Å². The Hall–Kier alpha value is -3.54. The number of ether oxygens (including phenoxy) is 2. The molecule has 6 heteroatoms. The number of furan rings is 1. The highest BCUT2D eigenvalue weighted by Gasteiger charge is 2.24. The molecular formula is C25H27NO5. The quantitative estimate of drug-likeness (QED) is 0.502. The highest BCUT2D eigenvalue weighted by Crippen LogP contribution is 2.28. The van der Waals surface area contributed by atoms with Gasteiger partial charge in [-0.15, -0.1) is 0 Å². The zero-order valence-electron chi connectivity index (χ0n) is 18.2. The molecule has 2 aromatic carbocycles. The lowest BCUT2D eigenvalue weighted by molar-refractivity contribution is 0.00371. The molecule has 1 atom stereocenters. The Bertz CT molecular complexity index is 1020. The first-order valence-electron chi connectivity index (χ1n) is 10.1. The average Bonchev–Trinajstić information content (AvgIpc) is 3.22. The van der Waals surface area contributed by atoms with Crippen molar-refractivity contribution in [2.24, 2.45) is 0 Å². The molecule has 0 saturated heterocycles. The van der Waals surface area contributed by atoms with Crippen LogP contribution in [0.2, 0.25) is 0 Å². The number of carbonyl (C=O) groups excluding carboxylic acids is 2. The molecule has 3 rings (SSSR count). The number of esters is 1. The summed E-state index contributed by atoms with van der Waals surface area (Å²) in [6, 6.07) is 18.5. The van der Waals surface area contributed by atoms with E-state index in [4.69, 9.17) is 13.9 Å². The minimum atomic E-state index is -0.610. The number of hydrogen-bond acceptors (Lipinski definition) is 5. The van der Waals surface area contributed by atoms with Gasteiger partial charge < -0.3 is 19.2 Å². The third-order valence-corrected chi connectivity index (χ3v) is 4.52. The molecule has 0 bridgehead atoms. The number of carbonyl (C=O) groups is 2. The third kappa shape index (κ3) is 6.22. The van der Waals surface area contributed by atoms with Crippen LogP contribution in [0.15, 0.2) is 71.3 Å². The standard InChI is InChI=1S/C25H27NO5/c1-17(26-24(28)30-16-18-8-6-5-7-9-18)19-10-12-20(13-11-19)21-14-15-29-22(21)23(27)31-25(2,3)4/h5-15,17H,16H2,1-4H3,(H,26,28)/t17-/m1/s1. The first-order chi connectivity index (χ1) is 14.7. The summed E-state index contributed by atoms with van der Waals surface area (Å²) in [5.41, 5.74) is 2.69. The van der Waals surface area contributed by atoms with Gasteiger partial charge in [0.1, 0.15) is 12.2 Å². The van der Waals surface area contributed by atoms with Crippen LogP contribution in [0.1, 0.15) is 55.4 Å². The van der Waals surface area contributed by atoms with Gasteiger partial charge in [0, 0.05) is 5.56 Å². The molecule has 0 saturated carbocycles. The van der Waals surface area contributed by atoms with Gasteiger partial charge in [0.2, 0.25) is 5.76 Å². The van der Waals surface area contributed by atoms with E-state index < -0.39 is 17.7 Å². The number of alkyl carbamates (subject to hydrolysis) is 1. The van der Waals surface area contributed by atoms with Crippen LogP contribution in [0.5, 0.6) is 0 Å². The maximum absolute atomic E-state index is 12.4. The number of hydrogen-bond donors (Lipinski definition) is 1. The SMILES string of the molecule is C[C@@H](NC(=O)OCc1ccccc1)c1ccc(-c2ccoc2C(=O)OC(C)(C)C)cc1. The van der Waals surface area contributed by atoms with Gasteiger partial charge in [-0.05, 0) is 50.5 Å². The Morgan fingerprint density at radius 3 is 2.32 bits per heavy atom. The first kappa shape index (κ1) is 22.2. The Kier molecular flexibility index (Phi) is 6.80. The second-order valence-electron chi connectivity index (χ2n) is 8.22. The van der Waals surface area contributed by atoms with Crippen molar-refractivity contribution in [2.75, 3.05) is 0 Å². The molecule has 1 N–H and O–H groups in total. The summed E-state index contributed by atoms with van der Waals surface area (Å²) in [6.07, 6.45) is 0.984. The van der Waals surface area contributed by atoms with Gasteiger partial charge in [0.25, 0.3) is 0 Å². The molecule has 0 aliphatic carbocycles. The predicted octanol–water partition coefficient (Wildman–Crippen LogP) is 5.89. The van der Waals surface area contributed by atoms with Crippen molar-refractivity contribution in [3.05, 3.63) is 83.8 Å². The summed E-state index contributed by atoms with van der Waals surface area (Å²) in [6.45, 7) is 7.51. The summed E-state index contributed by atoms with van der Waals surface area (Å²) in [4.78, 5) is 24.5. The maximum atomic E-state index is 12.4. The van der Waals surface area contributed by atoms with E-state index in [0.29, 0.717) is 5.56 Å². The summed E-state index contributed by atoms with van der Waals surface area (Å²) in [7, 11) is 0. The molecule has 3 aromatic rings. The van der Waals surface area contributed by atoms with Crippen LogP contribution in [0.25, 0.3) is 11.1 Å². The molecule has 1 aromatic heterocycles. The summed E-state index contributed by atoms with van der Waals surface area (Å²) in [5, 5.41) is 2.82. The fourth-order valence-electron chi connectivity index (χ4n) is 3.00. The zero-order chi connectivity index (χ0) is 22.4. The molecule has 0 aliphatic heterocycles. The third-order valence-electron chi connectivity index (χ3n) is 4.52. The number of amides is 1. The molecule has 0 spiro atoms. The second kappa shape index (κ2) is 9.51. The van der Waals surface area contributed by atoms with Gasteiger partial charge in [-0.2, -0.15) is 0 Å².